The van der Waals surface area contributed by atoms with Crippen molar-refractivity contribution in [1.82, 2.24) is 24.8 Å². The molecule has 4 rings (SSSR count). The summed E-state index contributed by atoms with van der Waals surface area (Å²) in [5.74, 6) is 0.770. The largest absolute Gasteiger partial charge is 0.291 e. The SMILES string of the molecule is Cc1cccc(CN2CCc3cnc(-c4ccncc4)nc3C2)n1. The maximum Gasteiger partial charge on any atom is 0.159 e. The zero-order chi connectivity index (χ0) is 16.4. The Balaban J connectivity index is 1.55. The molecule has 0 fully saturated rings. The van der Waals surface area contributed by atoms with Gasteiger partial charge in [0.05, 0.1) is 11.4 Å². The van der Waals surface area contributed by atoms with Crippen molar-refractivity contribution in [2.75, 3.05) is 6.54 Å². The molecule has 5 heteroatoms. The molecule has 0 aliphatic carbocycles. The molecule has 24 heavy (non-hydrogen) atoms. The molecule has 0 unspecified atom stereocenters. The Morgan fingerprint density at radius 3 is 2.79 bits per heavy atom. The van der Waals surface area contributed by atoms with E-state index in [9.17, 15) is 0 Å². The number of aryl methyl sites for hydroxylation is 1. The minimum Gasteiger partial charge on any atom is -0.291 e. The predicted molar refractivity (Wildman–Crippen MR) is 92.1 cm³/mol. The third-order valence-electron chi connectivity index (χ3n) is 4.30. The molecule has 4 heterocycles. The van der Waals surface area contributed by atoms with Crippen LogP contribution in [-0.2, 0) is 19.5 Å². The third kappa shape index (κ3) is 3.16. The zero-order valence-electron chi connectivity index (χ0n) is 13.7. The maximum atomic E-state index is 4.79. The summed E-state index contributed by atoms with van der Waals surface area (Å²) in [5, 5.41) is 0. The second-order valence-electron chi connectivity index (χ2n) is 6.13. The van der Waals surface area contributed by atoms with E-state index in [1.807, 2.05) is 31.3 Å². The van der Waals surface area contributed by atoms with E-state index >= 15 is 0 Å². The van der Waals surface area contributed by atoms with Crippen LogP contribution in [0.2, 0.25) is 0 Å². The van der Waals surface area contributed by atoms with Crippen LogP contribution in [-0.4, -0.2) is 31.4 Å². The van der Waals surface area contributed by atoms with Gasteiger partial charge in [-0.25, -0.2) is 9.97 Å². The van der Waals surface area contributed by atoms with Crippen LogP contribution in [0.15, 0.2) is 48.9 Å². The summed E-state index contributed by atoms with van der Waals surface area (Å²) in [6, 6.07) is 10.1. The highest BCUT2D eigenvalue weighted by atomic mass is 15.1. The molecule has 0 N–H and O–H groups in total. The Morgan fingerprint density at radius 2 is 1.96 bits per heavy atom. The minimum atomic E-state index is 0.770. The van der Waals surface area contributed by atoms with Gasteiger partial charge in [0.15, 0.2) is 5.82 Å². The van der Waals surface area contributed by atoms with Gasteiger partial charge >= 0.3 is 0 Å². The van der Waals surface area contributed by atoms with E-state index in [1.54, 1.807) is 12.4 Å². The molecule has 0 atom stereocenters. The zero-order valence-corrected chi connectivity index (χ0v) is 13.7. The molecule has 5 nitrogen and oxygen atoms in total. The van der Waals surface area contributed by atoms with Gasteiger partial charge in [-0.3, -0.25) is 14.9 Å². The lowest BCUT2D eigenvalue weighted by Gasteiger charge is -2.27. The molecule has 0 bridgehead atoms. The summed E-state index contributed by atoms with van der Waals surface area (Å²) in [4.78, 5) is 20.4. The van der Waals surface area contributed by atoms with Gasteiger partial charge in [0.2, 0.25) is 0 Å². The van der Waals surface area contributed by atoms with Crippen molar-refractivity contribution in [3.8, 4) is 11.4 Å². The van der Waals surface area contributed by atoms with Crippen molar-refractivity contribution in [2.24, 2.45) is 0 Å². The Labute approximate surface area is 141 Å². The van der Waals surface area contributed by atoms with Crippen molar-refractivity contribution in [3.63, 3.8) is 0 Å². The van der Waals surface area contributed by atoms with Crippen LogP contribution in [0.25, 0.3) is 11.4 Å². The van der Waals surface area contributed by atoms with Crippen LogP contribution in [0.4, 0.5) is 0 Å². The number of rotatable bonds is 3. The second kappa shape index (κ2) is 6.45. The molecule has 3 aromatic heterocycles. The normalized spacial score (nSPS) is 14.4. The van der Waals surface area contributed by atoms with Crippen molar-refractivity contribution in [2.45, 2.75) is 26.4 Å². The summed E-state index contributed by atoms with van der Waals surface area (Å²) < 4.78 is 0. The molecule has 1 aliphatic heterocycles. The van der Waals surface area contributed by atoms with Gasteiger partial charge in [0, 0.05) is 49.5 Å². The van der Waals surface area contributed by atoms with Crippen LogP contribution in [0, 0.1) is 6.92 Å². The lowest BCUT2D eigenvalue weighted by molar-refractivity contribution is 0.238. The fraction of sp³-hybridized carbons (Fsp3) is 0.263. The van der Waals surface area contributed by atoms with Gasteiger partial charge < -0.3 is 0 Å². The van der Waals surface area contributed by atoms with Gasteiger partial charge in [0.25, 0.3) is 0 Å². The second-order valence-corrected chi connectivity index (χ2v) is 6.13. The average molecular weight is 317 g/mol. The number of pyridine rings is 2. The monoisotopic (exact) mass is 317 g/mol. The number of aromatic nitrogens is 4. The minimum absolute atomic E-state index is 0.770. The van der Waals surface area contributed by atoms with E-state index in [0.717, 1.165) is 54.5 Å². The summed E-state index contributed by atoms with van der Waals surface area (Å²) in [6.07, 6.45) is 6.50. The number of hydrogen-bond acceptors (Lipinski definition) is 5. The molecule has 0 aromatic carbocycles. The number of hydrogen-bond donors (Lipinski definition) is 0. The van der Waals surface area contributed by atoms with Crippen LogP contribution in [0.5, 0.6) is 0 Å². The maximum absolute atomic E-state index is 4.79. The molecule has 0 amide bonds. The van der Waals surface area contributed by atoms with E-state index in [-0.39, 0.29) is 0 Å². The molecule has 0 saturated carbocycles. The lowest BCUT2D eigenvalue weighted by atomic mass is 10.1. The van der Waals surface area contributed by atoms with Gasteiger partial charge in [-0.1, -0.05) is 6.07 Å². The van der Waals surface area contributed by atoms with Gasteiger partial charge in [-0.05, 0) is 43.2 Å². The average Bonchev–Trinajstić information content (AvgIpc) is 2.62. The topological polar surface area (TPSA) is 54.8 Å². The Kier molecular flexibility index (Phi) is 4.01. The molecule has 120 valence electrons. The summed E-state index contributed by atoms with van der Waals surface area (Å²) in [5.41, 5.74) is 5.55. The number of fused-ring (bicyclic) bond motifs is 1. The Bertz CT molecular complexity index is 847. The van der Waals surface area contributed by atoms with Crippen molar-refractivity contribution in [3.05, 3.63) is 71.6 Å². The summed E-state index contributed by atoms with van der Waals surface area (Å²) >= 11 is 0. The fourth-order valence-corrected chi connectivity index (χ4v) is 3.05. The predicted octanol–water partition coefficient (Wildman–Crippen LogP) is 2.80. The Morgan fingerprint density at radius 1 is 1.08 bits per heavy atom. The lowest BCUT2D eigenvalue weighted by Crippen LogP contribution is -2.31. The van der Waals surface area contributed by atoms with Crippen molar-refractivity contribution < 1.29 is 0 Å². The first-order chi connectivity index (χ1) is 11.8. The molecule has 3 aromatic rings. The van der Waals surface area contributed by atoms with E-state index in [4.69, 9.17) is 4.98 Å². The van der Waals surface area contributed by atoms with E-state index in [2.05, 4.69) is 32.0 Å². The Hall–Kier alpha value is -2.66. The highest BCUT2D eigenvalue weighted by Gasteiger charge is 2.19. The van der Waals surface area contributed by atoms with Crippen molar-refractivity contribution >= 4 is 0 Å². The van der Waals surface area contributed by atoms with Crippen molar-refractivity contribution in [1.29, 1.82) is 0 Å². The highest BCUT2D eigenvalue weighted by Crippen LogP contribution is 2.21. The molecular weight excluding hydrogens is 298 g/mol. The highest BCUT2D eigenvalue weighted by molar-refractivity contribution is 5.54. The molecule has 1 aliphatic rings. The van der Waals surface area contributed by atoms with Gasteiger partial charge in [0.1, 0.15) is 0 Å². The number of nitrogens with zero attached hydrogens (tertiary/aromatic N) is 5. The van der Waals surface area contributed by atoms with Gasteiger partial charge in [-0.15, -0.1) is 0 Å². The van der Waals surface area contributed by atoms with E-state index in [1.165, 1.54) is 5.56 Å². The first-order valence-corrected chi connectivity index (χ1v) is 8.18. The molecule has 0 saturated heterocycles. The van der Waals surface area contributed by atoms with E-state index in [0.29, 0.717) is 0 Å². The van der Waals surface area contributed by atoms with Crippen LogP contribution in [0.3, 0.4) is 0 Å². The smallest absolute Gasteiger partial charge is 0.159 e. The molecule has 0 spiro atoms. The summed E-state index contributed by atoms with van der Waals surface area (Å²) in [7, 11) is 0. The fourth-order valence-electron chi connectivity index (χ4n) is 3.05. The van der Waals surface area contributed by atoms with Crippen LogP contribution in [0.1, 0.15) is 22.6 Å². The first kappa shape index (κ1) is 14.9. The third-order valence-corrected chi connectivity index (χ3v) is 4.30. The quantitative estimate of drug-likeness (QED) is 0.743. The van der Waals surface area contributed by atoms with E-state index < -0.39 is 0 Å². The first-order valence-electron chi connectivity index (χ1n) is 8.18. The van der Waals surface area contributed by atoms with Crippen LogP contribution >= 0.6 is 0 Å². The molecular formula is C19H19N5. The van der Waals surface area contributed by atoms with Crippen LogP contribution < -0.4 is 0 Å². The summed E-state index contributed by atoms with van der Waals surface area (Å²) in [6.45, 7) is 4.74. The standard InChI is InChI=1S/C19H19N5/c1-14-3-2-4-17(22-14)12-24-10-7-16-11-21-19(23-18(16)13-24)15-5-8-20-9-6-15/h2-6,8-9,11H,7,10,12-13H2,1H3. The molecule has 0 radical (unpaired) electrons. The van der Waals surface area contributed by atoms with Gasteiger partial charge in [-0.2, -0.15) is 0 Å².